The van der Waals surface area contributed by atoms with Gasteiger partial charge in [-0.2, -0.15) is 8.42 Å². The molecule has 0 aliphatic heterocycles. The highest BCUT2D eigenvalue weighted by atomic mass is 32.2. The quantitative estimate of drug-likeness (QED) is 0.883. The van der Waals surface area contributed by atoms with Gasteiger partial charge in [0.25, 0.3) is 10.0 Å². The van der Waals surface area contributed by atoms with E-state index in [-0.39, 0.29) is 17.2 Å². The number of sulfonamides is 1. The fourth-order valence-corrected chi connectivity index (χ4v) is 3.47. The summed E-state index contributed by atoms with van der Waals surface area (Å²) in [5.74, 6) is -0.466. The number of aromatic carboxylic acids is 1. The van der Waals surface area contributed by atoms with Gasteiger partial charge in [0.15, 0.2) is 0 Å². The van der Waals surface area contributed by atoms with E-state index in [0.717, 1.165) is 0 Å². The third-order valence-electron chi connectivity index (χ3n) is 3.22. The predicted octanol–water partition coefficient (Wildman–Crippen LogP) is 2.76. The summed E-state index contributed by atoms with van der Waals surface area (Å²) < 4.78 is 31.8. The standard InChI is InChI=1S/C15H17NO5S/c1-3-13-9-10-14(21-13)22(19,20)16(4-2)12-7-5-11(6-8-12)15(17)18/h5-10H,3-4H2,1-2H3,(H,17,18). The van der Waals surface area contributed by atoms with E-state index in [1.165, 1.54) is 34.6 Å². The number of hydrogen-bond acceptors (Lipinski definition) is 4. The molecule has 0 fully saturated rings. The minimum absolute atomic E-state index is 0.100. The van der Waals surface area contributed by atoms with Gasteiger partial charge >= 0.3 is 5.97 Å². The van der Waals surface area contributed by atoms with Crippen molar-refractivity contribution >= 4 is 21.7 Å². The molecule has 0 amide bonds. The second-order valence-corrected chi connectivity index (χ2v) is 6.39. The average molecular weight is 323 g/mol. The zero-order valence-corrected chi connectivity index (χ0v) is 13.1. The van der Waals surface area contributed by atoms with Gasteiger partial charge in [0, 0.05) is 13.0 Å². The molecule has 1 aromatic heterocycles. The number of benzene rings is 1. The largest absolute Gasteiger partial charge is 0.478 e. The Balaban J connectivity index is 2.39. The molecule has 0 unspecified atom stereocenters. The summed E-state index contributed by atoms with van der Waals surface area (Å²) in [5.41, 5.74) is 0.491. The normalized spacial score (nSPS) is 11.4. The fourth-order valence-electron chi connectivity index (χ4n) is 2.06. The van der Waals surface area contributed by atoms with Crippen molar-refractivity contribution in [2.45, 2.75) is 25.4 Å². The van der Waals surface area contributed by atoms with Crippen LogP contribution in [0.25, 0.3) is 0 Å². The van der Waals surface area contributed by atoms with Crippen LogP contribution in [0.15, 0.2) is 45.9 Å². The maximum Gasteiger partial charge on any atom is 0.335 e. The summed E-state index contributed by atoms with van der Waals surface area (Å²) in [7, 11) is -3.81. The molecule has 0 radical (unpaired) electrons. The van der Waals surface area contributed by atoms with Crippen LogP contribution >= 0.6 is 0 Å². The van der Waals surface area contributed by atoms with Crippen molar-refractivity contribution in [1.29, 1.82) is 0 Å². The van der Waals surface area contributed by atoms with Crippen LogP contribution in [0.2, 0.25) is 0 Å². The van der Waals surface area contributed by atoms with Gasteiger partial charge < -0.3 is 9.52 Å². The van der Waals surface area contributed by atoms with Crippen molar-refractivity contribution in [3.05, 3.63) is 47.7 Å². The highest BCUT2D eigenvalue weighted by Crippen LogP contribution is 2.25. The van der Waals surface area contributed by atoms with Crippen molar-refractivity contribution in [1.82, 2.24) is 0 Å². The van der Waals surface area contributed by atoms with Crippen LogP contribution in [0.4, 0.5) is 5.69 Å². The van der Waals surface area contributed by atoms with Gasteiger partial charge in [-0.25, -0.2) is 4.79 Å². The summed E-state index contributed by atoms with van der Waals surface area (Å²) in [5, 5.41) is 8.78. The van der Waals surface area contributed by atoms with E-state index in [4.69, 9.17) is 9.52 Å². The molecule has 22 heavy (non-hydrogen) atoms. The Morgan fingerprint density at radius 2 is 1.77 bits per heavy atom. The number of anilines is 1. The smallest absolute Gasteiger partial charge is 0.335 e. The number of rotatable bonds is 6. The van der Waals surface area contributed by atoms with Gasteiger partial charge in [-0.05, 0) is 43.3 Å². The third kappa shape index (κ3) is 2.99. The van der Waals surface area contributed by atoms with E-state index in [2.05, 4.69) is 0 Å². The first kappa shape index (κ1) is 16.1. The maximum absolute atomic E-state index is 12.6. The van der Waals surface area contributed by atoms with Crippen LogP contribution in [0.3, 0.4) is 0 Å². The molecular formula is C15H17NO5S. The Hall–Kier alpha value is -2.28. The van der Waals surface area contributed by atoms with E-state index in [1.54, 1.807) is 13.0 Å². The van der Waals surface area contributed by atoms with Crippen molar-refractivity contribution in [3.8, 4) is 0 Å². The van der Waals surface area contributed by atoms with Crippen molar-refractivity contribution < 1.29 is 22.7 Å². The van der Waals surface area contributed by atoms with Crippen molar-refractivity contribution in [2.24, 2.45) is 0 Å². The molecule has 2 rings (SSSR count). The molecular weight excluding hydrogens is 306 g/mol. The monoisotopic (exact) mass is 323 g/mol. The Bertz CT molecular complexity index is 761. The topological polar surface area (TPSA) is 87.8 Å². The molecule has 0 saturated carbocycles. The van der Waals surface area contributed by atoms with Gasteiger partial charge in [-0.1, -0.05) is 6.92 Å². The molecule has 0 atom stereocenters. The SMILES string of the molecule is CCc1ccc(S(=O)(=O)N(CC)c2ccc(C(=O)O)cc2)o1. The fraction of sp³-hybridized carbons (Fsp3) is 0.267. The Kier molecular flexibility index (Phi) is 4.56. The zero-order valence-electron chi connectivity index (χ0n) is 12.3. The number of carboxylic acid groups (broad SMARTS) is 1. The molecule has 1 aromatic carbocycles. The van der Waals surface area contributed by atoms with E-state index >= 15 is 0 Å². The van der Waals surface area contributed by atoms with Gasteiger partial charge in [0.05, 0.1) is 11.3 Å². The number of aryl methyl sites for hydroxylation is 1. The molecule has 0 aliphatic carbocycles. The Labute approximate surface area is 129 Å². The molecule has 0 bridgehead atoms. The first-order chi connectivity index (χ1) is 10.4. The molecule has 7 heteroatoms. The van der Waals surface area contributed by atoms with Crippen LogP contribution in [-0.2, 0) is 16.4 Å². The number of carbonyl (C=O) groups is 1. The van der Waals surface area contributed by atoms with Gasteiger partial charge in [0.1, 0.15) is 5.76 Å². The number of hydrogen-bond donors (Lipinski definition) is 1. The lowest BCUT2D eigenvalue weighted by Gasteiger charge is -2.21. The number of carboxylic acids is 1. The first-order valence-corrected chi connectivity index (χ1v) is 8.29. The number of nitrogens with zero attached hydrogens (tertiary/aromatic N) is 1. The van der Waals surface area contributed by atoms with Gasteiger partial charge in [0.2, 0.25) is 5.09 Å². The van der Waals surface area contributed by atoms with Crippen LogP contribution in [0.1, 0.15) is 30.0 Å². The van der Waals surface area contributed by atoms with Crippen LogP contribution in [0, 0.1) is 0 Å². The minimum Gasteiger partial charge on any atom is -0.478 e. The molecule has 1 heterocycles. The summed E-state index contributed by atoms with van der Waals surface area (Å²) in [6.07, 6.45) is 0.606. The summed E-state index contributed by atoms with van der Waals surface area (Å²) >= 11 is 0. The molecule has 2 aromatic rings. The predicted molar refractivity (Wildman–Crippen MR) is 81.7 cm³/mol. The lowest BCUT2D eigenvalue weighted by molar-refractivity contribution is 0.0697. The highest BCUT2D eigenvalue weighted by Gasteiger charge is 2.27. The van der Waals surface area contributed by atoms with Crippen LogP contribution in [0.5, 0.6) is 0 Å². The molecule has 6 nitrogen and oxygen atoms in total. The van der Waals surface area contributed by atoms with Crippen LogP contribution < -0.4 is 4.31 Å². The lowest BCUT2D eigenvalue weighted by atomic mass is 10.2. The van der Waals surface area contributed by atoms with Gasteiger partial charge in [-0.15, -0.1) is 0 Å². The van der Waals surface area contributed by atoms with E-state index < -0.39 is 16.0 Å². The highest BCUT2D eigenvalue weighted by molar-refractivity contribution is 7.92. The molecule has 0 saturated heterocycles. The second kappa shape index (κ2) is 6.23. The lowest BCUT2D eigenvalue weighted by Crippen LogP contribution is -2.30. The summed E-state index contributed by atoms with van der Waals surface area (Å²) in [6.45, 7) is 3.78. The van der Waals surface area contributed by atoms with Gasteiger partial charge in [-0.3, -0.25) is 4.31 Å². The van der Waals surface area contributed by atoms with E-state index in [1.807, 2.05) is 6.92 Å². The minimum atomic E-state index is -3.81. The second-order valence-electron chi connectivity index (χ2n) is 4.60. The van der Waals surface area contributed by atoms with E-state index in [9.17, 15) is 13.2 Å². The van der Waals surface area contributed by atoms with Crippen molar-refractivity contribution in [2.75, 3.05) is 10.8 Å². The Morgan fingerprint density at radius 3 is 2.23 bits per heavy atom. The van der Waals surface area contributed by atoms with Crippen LogP contribution in [-0.4, -0.2) is 26.0 Å². The zero-order chi connectivity index (χ0) is 16.3. The molecule has 118 valence electrons. The third-order valence-corrected chi connectivity index (χ3v) is 5.00. The summed E-state index contributed by atoms with van der Waals surface area (Å²) in [6, 6.07) is 8.74. The molecule has 0 aliphatic rings. The molecule has 1 N–H and O–H groups in total. The Morgan fingerprint density at radius 1 is 1.14 bits per heavy atom. The maximum atomic E-state index is 12.6. The average Bonchev–Trinajstić information content (AvgIpc) is 2.98. The number of furan rings is 1. The summed E-state index contributed by atoms with van der Waals surface area (Å²) in [4.78, 5) is 10.9. The first-order valence-electron chi connectivity index (χ1n) is 6.85. The molecule has 0 spiro atoms. The van der Waals surface area contributed by atoms with Crippen molar-refractivity contribution in [3.63, 3.8) is 0 Å². The van der Waals surface area contributed by atoms with E-state index in [0.29, 0.717) is 17.9 Å².